The standard InChI is InChI=1S/C6H13N/c1-4-5(2)6(4)7-3/h4-7H,1-3H3/t4-,5?,6?/m1/s1. The van der Waals surface area contributed by atoms with Crippen molar-refractivity contribution in [3.8, 4) is 0 Å². The molecule has 1 aliphatic carbocycles. The van der Waals surface area contributed by atoms with Gasteiger partial charge in [-0.05, 0) is 18.9 Å². The molecule has 0 aromatic rings. The van der Waals surface area contributed by atoms with Crippen LogP contribution >= 0.6 is 0 Å². The Morgan fingerprint density at radius 1 is 1.14 bits per heavy atom. The van der Waals surface area contributed by atoms with Crippen LogP contribution in [0.1, 0.15) is 13.8 Å². The number of hydrogen-bond donors (Lipinski definition) is 1. The highest BCUT2D eigenvalue weighted by Crippen LogP contribution is 2.36. The van der Waals surface area contributed by atoms with Crippen molar-refractivity contribution in [3.63, 3.8) is 0 Å². The van der Waals surface area contributed by atoms with Gasteiger partial charge >= 0.3 is 0 Å². The first-order valence-electron chi connectivity index (χ1n) is 2.94. The SMILES string of the molecule is CNC1C(C)[C@H]1C. The van der Waals surface area contributed by atoms with Crippen LogP contribution in [0, 0.1) is 11.8 Å². The molecule has 0 aromatic carbocycles. The van der Waals surface area contributed by atoms with E-state index >= 15 is 0 Å². The van der Waals surface area contributed by atoms with Crippen molar-refractivity contribution in [2.24, 2.45) is 11.8 Å². The summed E-state index contributed by atoms with van der Waals surface area (Å²) < 4.78 is 0. The molecule has 1 N–H and O–H groups in total. The van der Waals surface area contributed by atoms with Crippen LogP contribution in [0.25, 0.3) is 0 Å². The van der Waals surface area contributed by atoms with E-state index in [1.165, 1.54) is 0 Å². The average Bonchev–Trinajstić information content (AvgIpc) is 2.17. The molecule has 0 radical (unpaired) electrons. The molecule has 42 valence electrons. The molecule has 0 aromatic heterocycles. The lowest BCUT2D eigenvalue weighted by molar-refractivity contribution is 0.735. The van der Waals surface area contributed by atoms with Crippen LogP contribution in [0.4, 0.5) is 0 Å². The molecule has 7 heavy (non-hydrogen) atoms. The van der Waals surface area contributed by atoms with Crippen LogP contribution in [0.2, 0.25) is 0 Å². The molecule has 0 bridgehead atoms. The third-order valence-corrected chi connectivity index (χ3v) is 2.15. The van der Waals surface area contributed by atoms with E-state index in [4.69, 9.17) is 0 Å². The smallest absolute Gasteiger partial charge is 0.0122 e. The van der Waals surface area contributed by atoms with Gasteiger partial charge in [-0.1, -0.05) is 13.8 Å². The molecule has 1 nitrogen and oxygen atoms in total. The van der Waals surface area contributed by atoms with E-state index in [9.17, 15) is 0 Å². The van der Waals surface area contributed by atoms with Crippen LogP contribution < -0.4 is 5.32 Å². The topological polar surface area (TPSA) is 12.0 Å². The summed E-state index contributed by atoms with van der Waals surface area (Å²) in [5.74, 6) is 1.84. The molecule has 0 aliphatic heterocycles. The molecule has 1 fully saturated rings. The molecule has 1 saturated carbocycles. The zero-order valence-corrected chi connectivity index (χ0v) is 5.23. The molecule has 1 rings (SSSR count). The molecule has 3 atom stereocenters. The molecular weight excluding hydrogens is 86.1 g/mol. The van der Waals surface area contributed by atoms with Gasteiger partial charge in [0.2, 0.25) is 0 Å². The van der Waals surface area contributed by atoms with Gasteiger partial charge in [0.25, 0.3) is 0 Å². The molecular formula is C6H13N. The lowest BCUT2D eigenvalue weighted by Crippen LogP contribution is -2.10. The molecule has 0 amide bonds. The number of nitrogens with one attached hydrogen (secondary N) is 1. The van der Waals surface area contributed by atoms with E-state index in [2.05, 4.69) is 19.2 Å². The summed E-state index contributed by atoms with van der Waals surface area (Å²) in [5, 5.41) is 3.24. The van der Waals surface area contributed by atoms with Gasteiger partial charge in [-0.3, -0.25) is 0 Å². The van der Waals surface area contributed by atoms with E-state index in [0.717, 1.165) is 17.9 Å². The first-order valence-corrected chi connectivity index (χ1v) is 2.94. The monoisotopic (exact) mass is 99.1 g/mol. The second-order valence-electron chi connectivity index (χ2n) is 2.53. The minimum Gasteiger partial charge on any atom is -0.316 e. The Balaban J connectivity index is 2.24. The average molecular weight is 99.2 g/mol. The fraction of sp³-hybridized carbons (Fsp3) is 1.00. The van der Waals surface area contributed by atoms with Crippen molar-refractivity contribution in [1.82, 2.24) is 5.32 Å². The Hall–Kier alpha value is -0.0400. The zero-order valence-electron chi connectivity index (χ0n) is 5.23. The highest BCUT2D eigenvalue weighted by Gasteiger charge is 2.41. The summed E-state index contributed by atoms with van der Waals surface area (Å²) >= 11 is 0. The van der Waals surface area contributed by atoms with Crippen molar-refractivity contribution in [1.29, 1.82) is 0 Å². The van der Waals surface area contributed by atoms with Gasteiger partial charge in [-0.25, -0.2) is 0 Å². The first-order chi connectivity index (χ1) is 3.27. The second kappa shape index (κ2) is 1.48. The van der Waals surface area contributed by atoms with Crippen molar-refractivity contribution < 1.29 is 0 Å². The summed E-state index contributed by atoms with van der Waals surface area (Å²) in [6, 6.07) is 0.819. The van der Waals surface area contributed by atoms with Crippen LogP contribution in [0.3, 0.4) is 0 Å². The maximum Gasteiger partial charge on any atom is 0.0122 e. The molecule has 0 heterocycles. The van der Waals surface area contributed by atoms with Crippen LogP contribution in [-0.4, -0.2) is 13.1 Å². The largest absolute Gasteiger partial charge is 0.316 e. The Labute approximate surface area is 45.1 Å². The summed E-state index contributed by atoms with van der Waals surface area (Å²) in [5.41, 5.74) is 0. The molecule has 0 saturated heterocycles. The van der Waals surface area contributed by atoms with Gasteiger partial charge in [-0.15, -0.1) is 0 Å². The summed E-state index contributed by atoms with van der Waals surface area (Å²) in [7, 11) is 2.03. The van der Waals surface area contributed by atoms with E-state index in [-0.39, 0.29) is 0 Å². The Bertz CT molecular complexity index is 62.6. The number of rotatable bonds is 1. The van der Waals surface area contributed by atoms with E-state index < -0.39 is 0 Å². The van der Waals surface area contributed by atoms with Crippen molar-refractivity contribution in [3.05, 3.63) is 0 Å². The fourth-order valence-electron chi connectivity index (χ4n) is 1.19. The van der Waals surface area contributed by atoms with Gasteiger partial charge in [0.15, 0.2) is 0 Å². The minimum atomic E-state index is 0.819. The van der Waals surface area contributed by atoms with Gasteiger partial charge in [-0.2, -0.15) is 0 Å². The second-order valence-corrected chi connectivity index (χ2v) is 2.53. The third-order valence-electron chi connectivity index (χ3n) is 2.15. The fourth-order valence-corrected chi connectivity index (χ4v) is 1.19. The van der Waals surface area contributed by atoms with Gasteiger partial charge in [0.1, 0.15) is 0 Å². The maximum atomic E-state index is 3.24. The maximum absolute atomic E-state index is 3.24. The van der Waals surface area contributed by atoms with Crippen molar-refractivity contribution >= 4 is 0 Å². The quantitative estimate of drug-likeness (QED) is 0.514. The van der Waals surface area contributed by atoms with Gasteiger partial charge in [0.05, 0.1) is 0 Å². The summed E-state index contributed by atoms with van der Waals surface area (Å²) in [6.07, 6.45) is 0. The van der Waals surface area contributed by atoms with E-state index in [1.54, 1.807) is 0 Å². The molecule has 1 aliphatic rings. The predicted molar refractivity (Wildman–Crippen MR) is 31.2 cm³/mol. The first kappa shape index (κ1) is 5.10. The Morgan fingerprint density at radius 2 is 1.57 bits per heavy atom. The van der Waals surface area contributed by atoms with Gasteiger partial charge in [0, 0.05) is 6.04 Å². The van der Waals surface area contributed by atoms with Crippen molar-refractivity contribution in [2.75, 3.05) is 7.05 Å². The summed E-state index contributed by atoms with van der Waals surface area (Å²) in [4.78, 5) is 0. The summed E-state index contributed by atoms with van der Waals surface area (Å²) in [6.45, 7) is 4.57. The number of hydrogen-bond acceptors (Lipinski definition) is 1. The Kier molecular flexibility index (Phi) is 1.08. The predicted octanol–water partition coefficient (Wildman–Crippen LogP) is 0.860. The highest BCUT2D eigenvalue weighted by molar-refractivity contribution is 4.96. The normalized spacial score (nSPS) is 49.3. The van der Waals surface area contributed by atoms with Crippen molar-refractivity contribution in [2.45, 2.75) is 19.9 Å². The zero-order chi connectivity index (χ0) is 5.44. The molecule has 2 unspecified atom stereocenters. The van der Waals surface area contributed by atoms with Crippen LogP contribution in [0.5, 0.6) is 0 Å². The Morgan fingerprint density at radius 3 is 1.57 bits per heavy atom. The van der Waals surface area contributed by atoms with Gasteiger partial charge < -0.3 is 5.32 Å². The minimum absolute atomic E-state index is 0.819. The molecule has 1 heteroatoms. The lowest BCUT2D eigenvalue weighted by Gasteiger charge is -1.86. The van der Waals surface area contributed by atoms with E-state index in [0.29, 0.717) is 0 Å². The third kappa shape index (κ3) is 0.653. The highest BCUT2D eigenvalue weighted by atomic mass is 14.9. The van der Waals surface area contributed by atoms with E-state index in [1.807, 2.05) is 7.05 Å². The lowest BCUT2D eigenvalue weighted by atomic mass is 10.4. The molecule has 0 spiro atoms. The van der Waals surface area contributed by atoms with Crippen LogP contribution in [0.15, 0.2) is 0 Å². The van der Waals surface area contributed by atoms with Crippen LogP contribution in [-0.2, 0) is 0 Å².